The number of carbonyl (C=O) groups excluding carboxylic acids is 2. The minimum Gasteiger partial charge on any atom is -0.491 e. The quantitative estimate of drug-likeness (QED) is 0.762. The largest absolute Gasteiger partial charge is 0.491 e. The van der Waals surface area contributed by atoms with Crippen molar-refractivity contribution in [1.82, 2.24) is 5.32 Å². The van der Waals surface area contributed by atoms with E-state index in [-0.39, 0.29) is 11.8 Å². The van der Waals surface area contributed by atoms with Crippen molar-refractivity contribution >= 4 is 28.2 Å². The summed E-state index contributed by atoms with van der Waals surface area (Å²) in [7, 11) is 3.14. The van der Waals surface area contributed by atoms with E-state index in [2.05, 4.69) is 10.6 Å². The molecule has 0 fully saturated rings. The summed E-state index contributed by atoms with van der Waals surface area (Å²) < 4.78 is 10.4. The van der Waals surface area contributed by atoms with Crippen molar-refractivity contribution in [2.45, 2.75) is 0 Å². The van der Waals surface area contributed by atoms with Crippen molar-refractivity contribution in [3.8, 4) is 5.75 Å². The van der Waals surface area contributed by atoms with Gasteiger partial charge >= 0.3 is 0 Å². The minimum atomic E-state index is -0.296. The highest BCUT2D eigenvalue weighted by atomic mass is 32.1. The Morgan fingerprint density at radius 2 is 2.00 bits per heavy atom. The van der Waals surface area contributed by atoms with Gasteiger partial charge in [-0.1, -0.05) is 6.07 Å². The number of hydrogen-bond donors (Lipinski definition) is 2. The zero-order chi connectivity index (χ0) is 16.7. The third-order valence-corrected chi connectivity index (χ3v) is 3.85. The molecule has 23 heavy (non-hydrogen) atoms. The van der Waals surface area contributed by atoms with Crippen LogP contribution >= 0.6 is 11.3 Å². The van der Waals surface area contributed by atoms with Crippen molar-refractivity contribution in [2.24, 2.45) is 0 Å². The monoisotopic (exact) mass is 334 g/mol. The minimum absolute atomic E-state index is 0.238. The molecule has 1 aromatic heterocycles. The van der Waals surface area contributed by atoms with Crippen LogP contribution in [0, 0.1) is 0 Å². The molecule has 0 spiro atoms. The second-order valence-corrected chi connectivity index (χ2v) is 5.48. The fourth-order valence-corrected chi connectivity index (χ4v) is 2.64. The van der Waals surface area contributed by atoms with Gasteiger partial charge in [0.25, 0.3) is 11.8 Å². The van der Waals surface area contributed by atoms with Crippen LogP contribution in [0.15, 0.2) is 35.7 Å². The van der Waals surface area contributed by atoms with E-state index in [1.54, 1.807) is 49.9 Å². The molecule has 0 aliphatic rings. The van der Waals surface area contributed by atoms with E-state index < -0.39 is 0 Å². The lowest BCUT2D eigenvalue weighted by atomic mass is 10.2. The standard InChI is InChI=1S/C16H18N2O4S/c1-17-15(20)13-6-9-23-16(13)18-14(19)11-4-3-5-12(10-11)22-8-7-21-2/h3-6,9-10H,7-8H2,1-2H3,(H,17,20)(H,18,19). The van der Waals surface area contributed by atoms with Crippen LogP contribution in [-0.4, -0.2) is 39.2 Å². The topological polar surface area (TPSA) is 76.7 Å². The number of ether oxygens (including phenoxy) is 2. The first-order chi connectivity index (χ1) is 11.2. The number of rotatable bonds is 7. The van der Waals surface area contributed by atoms with E-state index in [1.807, 2.05) is 0 Å². The third-order valence-electron chi connectivity index (χ3n) is 3.02. The number of amides is 2. The van der Waals surface area contributed by atoms with Gasteiger partial charge < -0.3 is 20.1 Å². The van der Waals surface area contributed by atoms with Gasteiger partial charge in [-0.25, -0.2) is 0 Å². The Kier molecular flexibility index (Phi) is 6.13. The molecular weight excluding hydrogens is 316 g/mol. The summed E-state index contributed by atoms with van der Waals surface area (Å²) in [6, 6.07) is 8.52. The SMILES string of the molecule is CNC(=O)c1ccsc1NC(=O)c1cccc(OCCOC)c1. The number of hydrogen-bond acceptors (Lipinski definition) is 5. The predicted octanol–water partition coefficient (Wildman–Crippen LogP) is 2.39. The molecule has 0 unspecified atom stereocenters. The summed E-state index contributed by atoms with van der Waals surface area (Å²) in [6.07, 6.45) is 0. The molecule has 0 radical (unpaired) electrons. The van der Waals surface area contributed by atoms with E-state index in [0.29, 0.717) is 35.1 Å². The zero-order valence-corrected chi connectivity index (χ0v) is 13.7. The van der Waals surface area contributed by atoms with Crippen molar-refractivity contribution in [1.29, 1.82) is 0 Å². The molecule has 1 aromatic carbocycles. The van der Waals surface area contributed by atoms with Gasteiger partial charge in [0.2, 0.25) is 0 Å². The zero-order valence-electron chi connectivity index (χ0n) is 12.9. The summed E-state index contributed by atoms with van der Waals surface area (Å²) >= 11 is 1.30. The van der Waals surface area contributed by atoms with Gasteiger partial charge in [-0.15, -0.1) is 11.3 Å². The Bertz CT molecular complexity index is 684. The molecule has 7 heteroatoms. The van der Waals surface area contributed by atoms with Crippen LogP contribution in [0.5, 0.6) is 5.75 Å². The maximum Gasteiger partial charge on any atom is 0.256 e. The molecule has 0 saturated carbocycles. The van der Waals surface area contributed by atoms with E-state index in [9.17, 15) is 9.59 Å². The van der Waals surface area contributed by atoms with Gasteiger partial charge in [0.05, 0.1) is 12.2 Å². The van der Waals surface area contributed by atoms with Crippen molar-refractivity contribution in [3.63, 3.8) is 0 Å². The van der Waals surface area contributed by atoms with Crippen LogP contribution in [0.25, 0.3) is 0 Å². The molecule has 0 atom stereocenters. The second-order valence-electron chi connectivity index (χ2n) is 4.57. The van der Waals surface area contributed by atoms with Crippen molar-refractivity contribution in [2.75, 3.05) is 32.7 Å². The summed E-state index contributed by atoms with van der Waals surface area (Å²) in [5.74, 6) is 0.0559. The lowest BCUT2D eigenvalue weighted by Gasteiger charge is -2.08. The van der Waals surface area contributed by atoms with Gasteiger partial charge in [0.15, 0.2) is 0 Å². The molecule has 1 heterocycles. The Morgan fingerprint density at radius 3 is 2.74 bits per heavy atom. The summed E-state index contributed by atoms with van der Waals surface area (Å²) in [6.45, 7) is 0.883. The average molecular weight is 334 g/mol. The summed E-state index contributed by atoms with van der Waals surface area (Å²) in [5, 5.41) is 7.57. The number of thiophene rings is 1. The Morgan fingerprint density at radius 1 is 1.17 bits per heavy atom. The number of methoxy groups -OCH3 is 1. The molecule has 0 saturated heterocycles. The number of carbonyl (C=O) groups is 2. The fourth-order valence-electron chi connectivity index (χ4n) is 1.86. The van der Waals surface area contributed by atoms with E-state index in [0.717, 1.165) is 0 Å². The van der Waals surface area contributed by atoms with Crippen LogP contribution in [0.1, 0.15) is 20.7 Å². The number of anilines is 1. The van der Waals surface area contributed by atoms with Gasteiger partial charge in [-0.3, -0.25) is 9.59 Å². The van der Waals surface area contributed by atoms with Crippen LogP contribution in [0.4, 0.5) is 5.00 Å². The van der Waals surface area contributed by atoms with Gasteiger partial charge in [-0.05, 0) is 29.6 Å². The molecule has 2 amide bonds. The van der Waals surface area contributed by atoms with Crippen LogP contribution in [0.2, 0.25) is 0 Å². The summed E-state index contributed by atoms with van der Waals surface area (Å²) in [5.41, 5.74) is 0.898. The normalized spacial score (nSPS) is 10.2. The molecule has 0 bridgehead atoms. The average Bonchev–Trinajstić information content (AvgIpc) is 3.03. The highest BCUT2D eigenvalue weighted by Crippen LogP contribution is 2.24. The molecule has 2 aromatic rings. The van der Waals surface area contributed by atoms with E-state index in [4.69, 9.17) is 9.47 Å². The van der Waals surface area contributed by atoms with Gasteiger partial charge in [-0.2, -0.15) is 0 Å². The lowest BCUT2D eigenvalue weighted by Crippen LogP contribution is -2.20. The molecule has 0 aliphatic heterocycles. The van der Waals surface area contributed by atoms with E-state index in [1.165, 1.54) is 11.3 Å². The molecular formula is C16H18N2O4S. The van der Waals surface area contributed by atoms with Crippen molar-refractivity contribution < 1.29 is 19.1 Å². The smallest absolute Gasteiger partial charge is 0.256 e. The first-order valence-electron chi connectivity index (χ1n) is 6.98. The van der Waals surface area contributed by atoms with Crippen LogP contribution in [-0.2, 0) is 4.74 Å². The van der Waals surface area contributed by atoms with Gasteiger partial charge in [0, 0.05) is 19.7 Å². The first-order valence-corrected chi connectivity index (χ1v) is 7.86. The Labute approximate surface area is 138 Å². The van der Waals surface area contributed by atoms with Gasteiger partial charge in [0.1, 0.15) is 17.4 Å². The Balaban J connectivity index is 2.08. The first kappa shape index (κ1) is 17.0. The number of benzene rings is 1. The lowest BCUT2D eigenvalue weighted by molar-refractivity contribution is 0.0964. The third kappa shape index (κ3) is 4.54. The number of nitrogens with one attached hydrogen (secondary N) is 2. The van der Waals surface area contributed by atoms with E-state index >= 15 is 0 Å². The predicted molar refractivity (Wildman–Crippen MR) is 89.5 cm³/mol. The molecule has 0 aliphatic carbocycles. The molecule has 2 rings (SSSR count). The second kappa shape index (κ2) is 8.30. The summed E-state index contributed by atoms with van der Waals surface area (Å²) in [4.78, 5) is 24.1. The maximum atomic E-state index is 12.3. The molecule has 6 nitrogen and oxygen atoms in total. The van der Waals surface area contributed by atoms with Crippen LogP contribution in [0.3, 0.4) is 0 Å². The maximum absolute atomic E-state index is 12.3. The molecule has 2 N–H and O–H groups in total. The van der Waals surface area contributed by atoms with Crippen LogP contribution < -0.4 is 15.4 Å². The highest BCUT2D eigenvalue weighted by molar-refractivity contribution is 7.14. The highest BCUT2D eigenvalue weighted by Gasteiger charge is 2.15. The fraction of sp³-hybridized carbons (Fsp3) is 0.250. The molecule has 122 valence electrons. The van der Waals surface area contributed by atoms with Crippen molar-refractivity contribution in [3.05, 3.63) is 46.8 Å². The Hall–Kier alpha value is -2.38.